The highest BCUT2D eigenvalue weighted by Crippen LogP contribution is 2.20. The van der Waals surface area contributed by atoms with Crippen molar-refractivity contribution in [2.75, 3.05) is 6.61 Å². The number of aromatic carboxylic acids is 1. The number of rotatable bonds is 4. The predicted molar refractivity (Wildman–Crippen MR) is 67.0 cm³/mol. The summed E-state index contributed by atoms with van der Waals surface area (Å²) in [6.45, 7) is 2.24. The highest BCUT2D eigenvalue weighted by Gasteiger charge is 2.14. The fourth-order valence-electron chi connectivity index (χ4n) is 1.96. The molecule has 1 amide bonds. The number of primary amides is 1. The van der Waals surface area contributed by atoms with E-state index in [1.54, 1.807) is 23.6 Å². The van der Waals surface area contributed by atoms with Crippen LogP contribution in [-0.2, 0) is 11.3 Å². The lowest BCUT2D eigenvalue weighted by atomic mass is 10.2. The van der Waals surface area contributed by atoms with Crippen molar-refractivity contribution >= 4 is 23.1 Å². The van der Waals surface area contributed by atoms with E-state index in [0.29, 0.717) is 23.4 Å². The molecule has 0 aliphatic carbocycles. The van der Waals surface area contributed by atoms with Gasteiger partial charge in [0.15, 0.2) is 0 Å². The van der Waals surface area contributed by atoms with E-state index in [-0.39, 0.29) is 12.2 Å². The van der Waals surface area contributed by atoms with Crippen molar-refractivity contribution < 1.29 is 19.4 Å². The molecule has 2 aromatic rings. The minimum absolute atomic E-state index is 0.110. The van der Waals surface area contributed by atoms with Gasteiger partial charge in [-0.2, -0.15) is 0 Å². The van der Waals surface area contributed by atoms with Crippen molar-refractivity contribution in [3.63, 3.8) is 0 Å². The number of amides is 1. The molecule has 0 spiro atoms. The summed E-state index contributed by atoms with van der Waals surface area (Å²) in [7, 11) is 0. The average Bonchev–Trinajstić information content (AvgIpc) is 2.65. The molecule has 19 heavy (non-hydrogen) atoms. The van der Waals surface area contributed by atoms with Crippen LogP contribution >= 0.6 is 0 Å². The van der Waals surface area contributed by atoms with Gasteiger partial charge in [-0.3, -0.25) is 0 Å². The molecule has 0 saturated carbocycles. The predicted octanol–water partition coefficient (Wildman–Crippen LogP) is 1.14. The Morgan fingerprint density at radius 1 is 1.47 bits per heavy atom. The lowest BCUT2D eigenvalue weighted by Crippen LogP contribution is -2.17. The minimum Gasteiger partial charge on any atom is -0.478 e. The Kier molecular flexibility index (Phi) is 3.37. The molecule has 7 nitrogen and oxygen atoms in total. The molecular weight excluding hydrogens is 250 g/mol. The van der Waals surface area contributed by atoms with Gasteiger partial charge >= 0.3 is 12.1 Å². The number of nitrogens with two attached hydrogens (primary N) is 1. The first-order valence-electron chi connectivity index (χ1n) is 5.62. The number of para-hydroxylation sites is 1. The Labute approximate surface area is 108 Å². The maximum atomic E-state index is 11.1. The van der Waals surface area contributed by atoms with Gasteiger partial charge in [0.25, 0.3) is 0 Å². The lowest BCUT2D eigenvalue weighted by molar-refractivity contribution is 0.0698. The molecule has 1 heterocycles. The summed E-state index contributed by atoms with van der Waals surface area (Å²) < 4.78 is 6.45. The minimum atomic E-state index is -1.02. The number of fused-ring (bicyclic) bond motifs is 1. The summed E-state index contributed by atoms with van der Waals surface area (Å²) >= 11 is 0. The zero-order valence-electron chi connectivity index (χ0n) is 10.3. The number of ether oxygens (including phenoxy) is 1. The number of nitrogens with zero attached hydrogens (tertiary/aromatic N) is 2. The van der Waals surface area contributed by atoms with Crippen molar-refractivity contribution in [2.45, 2.75) is 13.5 Å². The Balaban J connectivity index is 2.39. The van der Waals surface area contributed by atoms with Crippen LogP contribution in [0.15, 0.2) is 18.2 Å². The van der Waals surface area contributed by atoms with E-state index in [0.717, 1.165) is 0 Å². The molecule has 1 aromatic carbocycles. The van der Waals surface area contributed by atoms with Crippen molar-refractivity contribution in [1.29, 1.82) is 0 Å². The van der Waals surface area contributed by atoms with E-state index >= 15 is 0 Å². The number of aromatic nitrogens is 2. The van der Waals surface area contributed by atoms with Gasteiger partial charge in [-0.05, 0) is 19.1 Å². The van der Waals surface area contributed by atoms with Crippen LogP contribution in [0.1, 0.15) is 16.2 Å². The van der Waals surface area contributed by atoms with Gasteiger partial charge in [-0.1, -0.05) is 6.07 Å². The van der Waals surface area contributed by atoms with Crippen molar-refractivity contribution in [2.24, 2.45) is 5.73 Å². The normalized spacial score (nSPS) is 10.6. The monoisotopic (exact) mass is 263 g/mol. The number of hydrogen-bond acceptors (Lipinski definition) is 4. The van der Waals surface area contributed by atoms with Gasteiger partial charge in [0.2, 0.25) is 0 Å². The molecule has 0 bridgehead atoms. The first-order chi connectivity index (χ1) is 9.00. The maximum absolute atomic E-state index is 11.1. The number of benzene rings is 1. The van der Waals surface area contributed by atoms with E-state index < -0.39 is 12.1 Å². The van der Waals surface area contributed by atoms with Gasteiger partial charge in [0.1, 0.15) is 17.9 Å². The first kappa shape index (κ1) is 12.9. The molecule has 2 rings (SSSR count). The Bertz CT molecular complexity index is 648. The van der Waals surface area contributed by atoms with Gasteiger partial charge in [0, 0.05) is 0 Å². The van der Waals surface area contributed by atoms with Crippen LogP contribution in [0.5, 0.6) is 0 Å². The quantitative estimate of drug-likeness (QED) is 0.859. The van der Waals surface area contributed by atoms with Crippen LogP contribution in [0.2, 0.25) is 0 Å². The highest BCUT2D eigenvalue weighted by atomic mass is 16.5. The Morgan fingerprint density at radius 2 is 2.21 bits per heavy atom. The zero-order valence-corrected chi connectivity index (χ0v) is 10.3. The van der Waals surface area contributed by atoms with Crippen LogP contribution in [0.3, 0.4) is 0 Å². The van der Waals surface area contributed by atoms with Gasteiger partial charge < -0.3 is 20.1 Å². The van der Waals surface area contributed by atoms with Crippen LogP contribution in [0, 0.1) is 6.92 Å². The number of imidazole rings is 1. The second kappa shape index (κ2) is 4.97. The largest absolute Gasteiger partial charge is 0.478 e. The van der Waals surface area contributed by atoms with E-state index in [1.165, 1.54) is 6.07 Å². The van der Waals surface area contributed by atoms with Crippen molar-refractivity contribution in [3.05, 3.63) is 29.6 Å². The fraction of sp³-hybridized carbons (Fsp3) is 0.250. The molecule has 0 unspecified atom stereocenters. The number of carbonyl (C=O) groups is 2. The molecule has 0 saturated heterocycles. The molecule has 0 aliphatic heterocycles. The molecule has 7 heteroatoms. The zero-order chi connectivity index (χ0) is 14.0. The van der Waals surface area contributed by atoms with Crippen molar-refractivity contribution in [3.8, 4) is 0 Å². The highest BCUT2D eigenvalue weighted by molar-refractivity contribution is 6.01. The summed E-state index contributed by atoms with van der Waals surface area (Å²) in [6, 6.07) is 4.92. The summed E-state index contributed by atoms with van der Waals surface area (Å²) in [5.41, 5.74) is 6.14. The van der Waals surface area contributed by atoms with Crippen LogP contribution in [-0.4, -0.2) is 33.3 Å². The standard InChI is InChI=1S/C12H13N3O4/c1-7-14-10-8(11(16)17)3-2-4-9(10)15(7)5-6-19-12(13)18/h2-4H,5-6H2,1H3,(H2,13,18)(H,16,17). The van der Waals surface area contributed by atoms with Crippen LogP contribution in [0.4, 0.5) is 4.79 Å². The van der Waals surface area contributed by atoms with Crippen LogP contribution in [0.25, 0.3) is 11.0 Å². The summed E-state index contributed by atoms with van der Waals surface area (Å²) in [5.74, 6) is -0.375. The summed E-state index contributed by atoms with van der Waals surface area (Å²) in [5, 5.41) is 9.10. The molecule has 0 fully saturated rings. The molecule has 0 radical (unpaired) electrons. The smallest absolute Gasteiger partial charge is 0.404 e. The van der Waals surface area contributed by atoms with E-state index in [4.69, 9.17) is 10.8 Å². The van der Waals surface area contributed by atoms with Gasteiger partial charge in [0.05, 0.1) is 17.6 Å². The lowest BCUT2D eigenvalue weighted by Gasteiger charge is -2.06. The molecule has 0 atom stereocenters. The van der Waals surface area contributed by atoms with E-state index in [2.05, 4.69) is 9.72 Å². The number of hydrogen-bond donors (Lipinski definition) is 2. The molecule has 1 aromatic heterocycles. The number of aryl methyl sites for hydroxylation is 1. The number of carboxylic acid groups (broad SMARTS) is 1. The second-order valence-electron chi connectivity index (χ2n) is 3.96. The van der Waals surface area contributed by atoms with Gasteiger partial charge in [-0.25, -0.2) is 14.6 Å². The van der Waals surface area contributed by atoms with Gasteiger partial charge in [-0.15, -0.1) is 0 Å². The summed E-state index contributed by atoms with van der Waals surface area (Å²) in [4.78, 5) is 25.9. The molecule has 3 N–H and O–H groups in total. The first-order valence-corrected chi connectivity index (χ1v) is 5.62. The molecule has 100 valence electrons. The molecular formula is C12H13N3O4. The number of carboxylic acids is 1. The third-order valence-corrected chi connectivity index (χ3v) is 2.76. The number of carbonyl (C=O) groups excluding carboxylic acids is 1. The molecule has 0 aliphatic rings. The Morgan fingerprint density at radius 3 is 2.84 bits per heavy atom. The van der Waals surface area contributed by atoms with Crippen LogP contribution < -0.4 is 5.73 Å². The SMILES string of the molecule is Cc1nc2c(C(=O)O)cccc2n1CCOC(N)=O. The maximum Gasteiger partial charge on any atom is 0.404 e. The second-order valence-corrected chi connectivity index (χ2v) is 3.96. The Hall–Kier alpha value is -2.57. The third-order valence-electron chi connectivity index (χ3n) is 2.76. The topological polar surface area (TPSA) is 107 Å². The third kappa shape index (κ3) is 2.49. The summed E-state index contributed by atoms with van der Waals surface area (Å²) in [6.07, 6.45) is -0.840. The fourth-order valence-corrected chi connectivity index (χ4v) is 1.96. The average molecular weight is 263 g/mol. The van der Waals surface area contributed by atoms with E-state index in [9.17, 15) is 9.59 Å². The van der Waals surface area contributed by atoms with E-state index in [1.807, 2.05) is 0 Å². The van der Waals surface area contributed by atoms with Crippen molar-refractivity contribution in [1.82, 2.24) is 9.55 Å².